The molecule has 1 atom stereocenters. The average Bonchev–Trinajstić information content (AvgIpc) is 2.36. The lowest BCUT2D eigenvalue weighted by Gasteiger charge is -2.13. The van der Waals surface area contributed by atoms with E-state index in [0.717, 1.165) is 0 Å². The van der Waals surface area contributed by atoms with Gasteiger partial charge in [-0.25, -0.2) is 4.79 Å². The third-order valence-corrected chi connectivity index (χ3v) is 2.84. The number of rotatable bonds is 7. The molecule has 6 nitrogen and oxygen atoms in total. The minimum absolute atomic E-state index is 0.0307. The molecule has 0 aliphatic heterocycles. The van der Waals surface area contributed by atoms with E-state index in [1.54, 1.807) is 24.3 Å². The van der Waals surface area contributed by atoms with E-state index in [9.17, 15) is 14.4 Å². The quantitative estimate of drug-likeness (QED) is 0.689. The number of carboxylic acid groups (broad SMARTS) is 1. The minimum Gasteiger partial charge on any atom is -0.480 e. The Morgan fingerprint density at radius 2 is 1.85 bits per heavy atom. The third kappa shape index (κ3) is 5.71. The summed E-state index contributed by atoms with van der Waals surface area (Å²) in [6.45, 7) is 0. The van der Waals surface area contributed by atoms with Crippen LogP contribution in [0.2, 0.25) is 5.02 Å². The number of nitrogens with two attached hydrogens (primary N) is 1. The smallest absolute Gasteiger partial charge is 0.326 e. The number of carbonyl (C=O) groups is 3. The van der Waals surface area contributed by atoms with Crippen molar-refractivity contribution in [3.63, 3.8) is 0 Å². The Kier molecular flexibility index (Phi) is 5.99. The number of benzene rings is 1. The fourth-order valence-electron chi connectivity index (χ4n) is 1.58. The number of hydrogen-bond donors (Lipinski definition) is 3. The van der Waals surface area contributed by atoms with Crippen LogP contribution in [0.5, 0.6) is 0 Å². The summed E-state index contributed by atoms with van der Waals surface area (Å²) >= 11 is 5.72. The van der Waals surface area contributed by atoms with Gasteiger partial charge in [0.2, 0.25) is 11.8 Å². The monoisotopic (exact) mass is 298 g/mol. The van der Waals surface area contributed by atoms with Gasteiger partial charge in [-0.3, -0.25) is 9.59 Å². The molecule has 0 fully saturated rings. The maximum Gasteiger partial charge on any atom is 0.326 e. The zero-order valence-electron chi connectivity index (χ0n) is 10.6. The molecule has 1 aromatic carbocycles. The number of nitrogens with one attached hydrogen (secondary N) is 1. The second kappa shape index (κ2) is 7.49. The third-order valence-electron chi connectivity index (χ3n) is 2.59. The van der Waals surface area contributed by atoms with Gasteiger partial charge in [0, 0.05) is 11.4 Å². The summed E-state index contributed by atoms with van der Waals surface area (Å²) in [4.78, 5) is 33.3. The van der Waals surface area contributed by atoms with Crippen molar-refractivity contribution in [3.8, 4) is 0 Å². The maximum atomic E-state index is 11.7. The molecule has 1 unspecified atom stereocenters. The van der Waals surface area contributed by atoms with E-state index < -0.39 is 23.8 Å². The number of hydrogen-bond acceptors (Lipinski definition) is 3. The van der Waals surface area contributed by atoms with Crippen LogP contribution in [0.4, 0.5) is 0 Å². The molecule has 0 aliphatic rings. The van der Waals surface area contributed by atoms with Crippen LogP contribution in [0.15, 0.2) is 24.3 Å². The van der Waals surface area contributed by atoms with Crippen LogP contribution < -0.4 is 11.1 Å². The van der Waals surface area contributed by atoms with Crippen molar-refractivity contribution in [2.24, 2.45) is 5.73 Å². The summed E-state index contributed by atoms with van der Waals surface area (Å²) in [5, 5.41) is 11.9. The lowest BCUT2D eigenvalue weighted by Crippen LogP contribution is -2.42. The van der Waals surface area contributed by atoms with Gasteiger partial charge in [-0.1, -0.05) is 23.7 Å². The largest absolute Gasteiger partial charge is 0.480 e. The zero-order valence-corrected chi connectivity index (χ0v) is 11.4. The fraction of sp³-hybridized carbons (Fsp3) is 0.308. The highest BCUT2D eigenvalue weighted by Gasteiger charge is 2.20. The Morgan fingerprint density at radius 1 is 1.25 bits per heavy atom. The van der Waals surface area contributed by atoms with E-state index in [-0.39, 0.29) is 19.3 Å². The standard InChI is InChI=1S/C13H15ClN2O4/c14-9-3-1-8(2-4-9)7-12(18)16-10(13(19)20)5-6-11(15)17/h1-4,10H,5-7H2,(H2,15,17)(H,16,18)(H,19,20). The summed E-state index contributed by atoms with van der Waals surface area (Å²) in [5.74, 6) is -2.25. The number of carboxylic acids is 1. The predicted octanol–water partition coefficient (Wildman–Crippen LogP) is 0.717. The second-order valence-corrected chi connectivity index (χ2v) is 4.70. The van der Waals surface area contributed by atoms with Gasteiger partial charge in [0.05, 0.1) is 6.42 Å². The van der Waals surface area contributed by atoms with Gasteiger partial charge in [0.1, 0.15) is 6.04 Å². The molecule has 0 spiro atoms. The van der Waals surface area contributed by atoms with Gasteiger partial charge < -0.3 is 16.2 Å². The van der Waals surface area contributed by atoms with Crippen molar-refractivity contribution in [2.45, 2.75) is 25.3 Å². The SMILES string of the molecule is NC(=O)CCC(NC(=O)Cc1ccc(Cl)cc1)C(=O)O. The van der Waals surface area contributed by atoms with Gasteiger partial charge in [-0.2, -0.15) is 0 Å². The van der Waals surface area contributed by atoms with Crippen LogP contribution in [0, 0.1) is 0 Å². The number of carbonyl (C=O) groups excluding carboxylic acids is 2. The van der Waals surface area contributed by atoms with Crippen molar-refractivity contribution in [2.75, 3.05) is 0 Å². The fourth-order valence-corrected chi connectivity index (χ4v) is 1.70. The average molecular weight is 299 g/mol. The van der Waals surface area contributed by atoms with Crippen LogP contribution in [-0.4, -0.2) is 28.9 Å². The van der Waals surface area contributed by atoms with Gasteiger partial charge in [-0.05, 0) is 24.1 Å². The maximum absolute atomic E-state index is 11.7. The number of primary amides is 1. The van der Waals surface area contributed by atoms with Crippen molar-refractivity contribution in [3.05, 3.63) is 34.9 Å². The first-order chi connectivity index (χ1) is 9.38. The van der Waals surface area contributed by atoms with E-state index in [1.165, 1.54) is 0 Å². The van der Waals surface area contributed by atoms with Crippen molar-refractivity contribution in [1.82, 2.24) is 5.32 Å². The molecule has 0 saturated carbocycles. The molecule has 20 heavy (non-hydrogen) atoms. The molecular formula is C13H15ClN2O4. The molecule has 7 heteroatoms. The molecule has 0 bridgehead atoms. The summed E-state index contributed by atoms with van der Waals surface area (Å²) in [7, 11) is 0. The van der Waals surface area contributed by atoms with E-state index in [2.05, 4.69) is 5.32 Å². The summed E-state index contributed by atoms with van der Waals surface area (Å²) in [6, 6.07) is 5.53. The zero-order chi connectivity index (χ0) is 15.1. The molecule has 108 valence electrons. The topological polar surface area (TPSA) is 109 Å². The second-order valence-electron chi connectivity index (χ2n) is 4.27. The first kappa shape index (κ1) is 16.0. The molecule has 0 heterocycles. The molecule has 0 saturated heterocycles. The molecule has 0 radical (unpaired) electrons. The first-order valence-corrected chi connectivity index (χ1v) is 6.31. The van der Waals surface area contributed by atoms with Crippen molar-refractivity contribution < 1.29 is 19.5 Å². The molecule has 0 aromatic heterocycles. The van der Waals surface area contributed by atoms with Gasteiger partial charge in [0.15, 0.2) is 0 Å². The molecule has 2 amide bonds. The Labute approximate surface area is 120 Å². The van der Waals surface area contributed by atoms with Crippen molar-refractivity contribution >= 4 is 29.4 Å². The molecule has 1 aromatic rings. The van der Waals surface area contributed by atoms with E-state index >= 15 is 0 Å². The van der Waals surface area contributed by atoms with Gasteiger partial charge in [0.25, 0.3) is 0 Å². The highest BCUT2D eigenvalue weighted by Crippen LogP contribution is 2.10. The van der Waals surface area contributed by atoms with Crippen LogP contribution >= 0.6 is 11.6 Å². The summed E-state index contributed by atoms with van der Waals surface area (Å²) in [5.41, 5.74) is 5.67. The highest BCUT2D eigenvalue weighted by atomic mass is 35.5. The number of aliphatic carboxylic acids is 1. The van der Waals surface area contributed by atoms with E-state index in [4.69, 9.17) is 22.4 Å². The normalized spacial score (nSPS) is 11.7. The van der Waals surface area contributed by atoms with Crippen LogP contribution in [0.3, 0.4) is 0 Å². The first-order valence-electron chi connectivity index (χ1n) is 5.93. The van der Waals surface area contributed by atoms with Crippen LogP contribution in [-0.2, 0) is 20.8 Å². The van der Waals surface area contributed by atoms with Gasteiger partial charge >= 0.3 is 5.97 Å². The molecule has 1 rings (SSSR count). The van der Waals surface area contributed by atoms with E-state index in [0.29, 0.717) is 10.6 Å². The van der Waals surface area contributed by atoms with Gasteiger partial charge in [-0.15, -0.1) is 0 Å². The van der Waals surface area contributed by atoms with E-state index in [1.807, 2.05) is 0 Å². The Morgan fingerprint density at radius 3 is 2.35 bits per heavy atom. The minimum atomic E-state index is -1.20. The Hall–Kier alpha value is -2.08. The predicted molar refractivity (Wildman–Crippen MR) is 73.2 cm³/mol. The lowest BCUT2D eigenvalue weighted by molar-refractivity contribution is -0.142. The molecule has 0 aliphatic carbocycles. The van der Waals surface area contributed by atoms with Crippen LogP contribution in [0.1, 0.15) is 18.4 Å². The summed E-state index contributed by atoms with van der Waals surface area (Å²) in [6.07, 6.45) is -0.0905. The number of halogens is 1. The van der Waals surface area contributed by atoms with Crippen LogP contribution in [0.25, 0.3) is 0 Å². The Balaban J connectivity index is 2.55. The molecule has 4 N–H and O–H groups in total. The molecular weight excluding hydrogens is 284 g/mol. The summed E-state index contributed by atoms with van der Waals surface area (Å²) < 4.78 is 0. The Bertz CT molecular complexity index is 502. The van der Waals surface area contributed by atoms with Crippen molar-refractivity contribution in [1.29, 1.82) is 0 Å². The highest BCUT2D eigenvalue weighted by molar-refractivity contribution is 6.30. The lowest BCUT2D eigenvalue weighted by atomic mass is 10.1. The number of amides is 2.